The highest BCUT2D eigenvalue weighted by atomic mass is 19.1. The summed E-state index contributed by atoms with van der Waals surface area (Å²) in [5.74, 6) is -1.07. The van der Waals surface area contributed by atoms with Crippen LogP contribution in [0.15, 0.2) is 18.2 Å². The van der Waals surface area contributed by atoms with Crippen LogP contribution in [0.4, 0.5) is 14.9 Å². The highest BCUT2D eigenvalue weighted by Crippen LogP contribution is 2.21. The van der Waals surface area contributed by atoms with E-state index >= 15 is 0 Å². The molecule has 0 spiro atoms. The standard InChI is InChI=1S/C12H14BFN2O5/c1-7(17)15-5-9-6-16(12(18)21-9)8-2-3-10(13(19)20)11(14)4-8/h2-4,9,19-20H,5-6H2,1H3,(H,15,17)/t9-/m0/s1. The molecule has 1 aromatic rings. The largest absolute Gasteiger partial charge is 0.491 e. The number of hydrogen-bond donors (Lipinski definition) is 3. The summed E-state index contributed by atoms with van der Waals surface area (Å²) in [6.07, 6.45) is -1.17. The summed E-state index contributed by atoms with van der Waals surface area (Å²) in [5, 5.41) is 20.4. The smallest absolute Gasteiger partial charge is 0.442 e. The Labute approximate surface area is 120 Å². The summed E-state index contributed by atoms with van der Waals surface area (Å²) in [5.41, 5.74) is -0.0339. The lowest BCUT2D eigenvalue weighted by atomic mass is 9.80. The Morgan fingerprint density at radius 2 is 2.29 bits per heavy atom. The van der Waals surface area contributed by atoms with Crippen LogP contribution in [0, 0.1) is 5.82 Å². The van der Waals surface area contributed by atoms with Gasteiger partial charge < -0.3 is 20.1 Å². The fraction of sp³-hybridized carbons (Fsp3) is 0.333. The maximum Gasteiger partial charge on any atom is 0.491 e. The molecule has 1 atom stereocenters. The second kappa shape index (κ2) is 6.11. The molecule has 0 aliphatic carbocycles. The highest BCUT2D eigenvalue weighted by Gasteiger charge is 2.33. The molecule has 21 heavy (non-hydrogen) atoms. The third kappa shape index (κ3) is 3.50. The second-order valence-electron chi connectivity index (χ2n) is 4.63. The summed E-state index contributed by atoms with van der Waals surface area (Å²) in [6, 6.07) is 3.60. The van der Waals surface area contributed by atoms with Gasteiger partial charge in [-0.1, -0.05) is 6.07 Å². The number of cyclic esters (lactones) is 1. The van der Waals surface area contributed by atoms with E-state index in [-0.39, 0.29) is 30.1 Å². The Hall–Kier alpha value is -2.13. The number of carbonyl (C=O) groups is 2. The molecule has 1 aliphatic rings. The number of anilines is 1. The molecular weight excluding hydrogens is 282 g/mol. The number of nitrogens with one attached hydrogen (secondary N) is 1. The molecule has 112 valence electrons. The minimum absolute atomic E-state index is 0.166. The van der Waals surface area contributed by atoms with E-state index < -0.39 is 25.1 Å². The van der Waals surface area contributed by atoms with Crippen LogP contribution in [0.25, 0.3) is 0 Å². The van der Waals surface area contributed by atoms with Crippen molar-refractivity contribution in [3.05, 3.63) is 24.0 Å². The van der Waals surface area contributed by atoms with E-state index in [0.717, 1.165) is 6.07 Å². The zero-order valence-electron chi connectivity index (χ0n) is 11.2. The monoisotopic (exact) mass is 296 g/mol. The fourth-order valence-electron chi connectivity index (χ4n) is 1.99. The third-order valence-corrected chi connectivity index (χ3v) is 3.03. The van der Waals surface area contributed by atoms with Crippen LogP contribution in [-0.4, -0.2) is 48.4 Å². The number of halogens is 1. The van der Waals surface area contributed by atoms with Crippen LogP contribution in [-0.2, 0) is 9.53 Å². The van der Waals surface area contributed by atoms with Crippen LogP contribution >= 0.6 is 0 Å². The average molecular weight is 296 g/mol. The van der Waals surface area contributed by atoms with Gasteiger partial charge in [0.15, 0.2) is 0 Å². The van der Waals surface area contributed by atoms with E-state index in [1.54, 1.807) is 0 Å². The molecule has 1 heterocycles. The molecular formula is C12H14BFN2O5. The second-order valence-corrected chi connectivity index (χ2v) is 4.63. The van der Waals surface area contributed by atoms with E-state index in [1.807, 2.05) is 0 Å². The van der Waals surface area contributed by atoms with Crippen LogP contribution < -0.4 is 15.7 Å². The van der Waals surface area contributed by atoms with Gasteiger partial charge in [0.2, 0.25) is 5.91 Å². The fourth-order valence-corrected chi connectivity index (χ4v) is 1.99. The van der Waals surface area contributed by atoms with Crippen molar-refractivity contribution < 1.29 is 28.8 Å². The van der Waals surface area contributed by atoms with Crippen LogP contribution in [0.3, 0.4) is 0 Å². The Bertz CT molecular complexity index is 569. The maximum absolute atomic E-state index is 13.7. The van der Waals surface area contributed by atoms with Gasteiger partial charge in [0, 0.05) is 12.4 Å². The van der Waals surface area contributed by atoms with Crippen molar-refractivity contribution in [3.63, 3.8) is 0 Å². The zero-order chi connectivity index (χ0) is 15.6. The van der Waals surface area contributed by atoms with Gasteiger partial charge in [-0.25, -0.2) is 9.18 Å². The molecule has 1 saturated heterocycles. The third-order valence-electron chi connectivity index (χ3n) is 3.03. The molecule has 7 nitrogen and oxygen atoms in total. The average Bonchev–Trinajstić information content (AvgIpc) is 2.77. The maximum atomic E-state index is 13.7. The molecule has 9 heteroatoms. The Kier molecular flexibility index (Phi) is 4.44. The highest BCUT2D eigenvalue weighted by molar-refractivity contribution is 6.58. The summed E-state index contributed by atoms with van der Waals surface area (Å²) in [6.45, 7) is 1.69. The molecule has 0 saturated carbocycles. The zero-order valence-corrected chi connectivity index (χ0v) is 11.2. The van der Waals surface area contributed by atoms with Gasteiger partial charge in [-0.2, -0.15) is 0 Å². The quantitative estimate of drug-likeness (QED) is 0.617. The number of amides is 2. The first-order valence-electron chi connectivity index (χ1n) is 6.26. The van der Waals surface area contributed by atoms with Gasteiger partial charge in [0.05, 0.1) is 18.8 Å². The molecule has 0 bridgehead atoms. The van der Waals surface area contributed by atoms with Crippen molar-refractivity contribution in [3.8, 4) is 0 Å². The van der Waals surface area contributed by atoms with Gasteiger partial charge in [-0.15, -0.1) is 0 Å². The van der Waals surface area contributed by atoms with Crippen molar-refractivity contribution in [1.29, 1.82) is 0 Å². The molecule has 0 aromatic heterocycles. The number of ether oxygens (including phenoxy) is 1. The van der Waals surface area contributed by atoms with Crippen molar-refractivity contribution in [1.82, 2.24) is 5.32 Å². The van der Waals surface area contributed by atoms with Crippen molar-refractivity contribution in [2.75, 3.05) is 18.0 Å². The first-order chi connectivity index (χ1) is 9.88. The topological polar surface area (TPSA) is 99.1 Å². The van der Waals surface area contributed by atoms with Crippen LogP contribution in [0.2, 0.25) is 0 Å². The summed E-state index contributed by atoms with van der Waals surface area (Å²) in [7, 11) is -1.92. The van der Waals surface area contributed by atoms with Crippen molar-refractivity contribution >= 4 is 30.3 Å². The van der Waals surface area contributed by atoms with Crippen LogP contribution in [0.5, 0.6) is 0 Å². The van der Waals surface area contributed by atoms with Crippen LogP contribution in [0.1, 0.15) is 6.92 Å². The Balaban J connectivity index is 2.10. The molecule has 2 rings (SSSR count). The normalized spacial score (nSPS) is 17.6. The van der Waals surface area contributed by atoms with Gasteiger partial charge in [0.1, 0.15) is 11.9 Å². The first-order valence-corrected chi connectivity index (χ1v) is 6.26. The molecule has 0 unspecified atom stereocenters. The minimum atomic E-state index is -1.92. The number of benzene rings is 1. The molecule has 3 N–H and O–H groups in total. The molecule has 0 radical (unpaired) electrons. The van der Waals surface area contributed by atoms with E-state index in [0.29, 0.717) is 0 Å². The van der Waals surface area contributed by atoms with E-state index in [2.05, 4.69) is 5.32 Å². The lowest BCUT2D eigenvalue weighted by molar-refractivity contribution is -0.119. The number of carbonyl (C=O) groups excluding carboxylic acids is 2. The predicted octanol–water partition coefficient (Wildman–Crippen LogP) is -1.03. The summed E-state index contributed by atoms with van der Waals surface area (Å²) < 4.78 is 18.7. The van der Waals surface area contributed by atoms with Gasteiger partial charge in [-0.05, 0) is 12.1 Å². The predicted molar refractivity (Wildman–Crippen MR) is 72.5 cm³/mol. The Morgan fingerprint density at radius 1 is 1.57 bits per heavy atom. The number of nitrogens with zero attached hydrogens (tertiary/aromatic N) is 1. The molecule has 1 fully saturated rings. The summed E-state index contributed by atoms with van der Waals surface area (Å²) >= 11 is 0. The summed E-state index contributed by atoms with van der Waals surface area (Å²) in [4.78, 5) is 23.8. The number of rotatable bonds is 4. The Morgan fingerprint density at radius 3 is 2.86 bits per heavy atom. The van der Waals surface area contributed by atoms with Gasteiger partial charge >= 0.3 is 13.2 Å². The molecule has 1 aliphatic heterocycles. The van der Waals surface area contributed by atoms with E-state index in [1.165, 1.54) is 24.0 Å². The molecule has 1 aromatic carbocycles. The van der Waals surface area contributed by atoms with Gasteiger partial charge in [-0.3, -0.25) is 9.69 Å². The molecule has 2 amide bonds. The van der Waals surface area contributed by atoms with E-state index in [9.17, 15) is 14.0 Å². The van der Waals surface area contributed by atoms with E-state index in [4.69, 9.17) is 14.8 Å². The lowest BCUT2D eigenvalue weighted by Gasteiger charge is -2.14. The SMILES string of the molecule is CC(=O)NC[C@H]1CN(c2ccc(B(O)O)c(F)c2)C(=O)O1. The van der Waals surface area contributed by atoms with Gasteiger partial charge in [0.25, 0.3) is 0 Å². The lowest BCUT2D eigenvalue weighted by Crippen LogP contribution is -2.34. The minimum Gasteiger partial charge on any atom is -0.442 e. The van der Waals surface area contributed by atoms with Crippen molar-refractivity contribution in [2.45, 2.75) is 13.0 Å². The number of hydrogen-bond acceptors (Lipinski definition) is 5. The van der Waals surface area contributed by atoms with Crippen molar-refractivity contribution in [2.24, 2.45) is 0 Å². The first kappa shape index (κ1) is 15.3.